The Kier molecular flexibility index (Phi) is 5.23. The van der Waals surface area contributed by atoms with Crippen LogP contribution in [0.2, 0.25) is 0 Å². The van der Waals surface area contributed by atoms with E-state index in [0.717, 1.165) is 41.2 Å². The van der Waals surface area contributed by atoms with Gasteiger partial charge in [0.15, 0.2) is 0 Å². The normalized spacial score (nSPS) is 29.5. The van der Waals surface area contributed by atoms with E-state index >= 15 is 0 Å². The maximum atomic E-state index is 11.4. The van der Waals surface area contributed by atoms with E-state index in [4.69, 9.17) is 10.5 Å². The van der Waals surface area contributed by atoms with Gasteiger partial charge in [0.1, 0.15) is 12.4 Å². The lowest BCUT2D eigenvalue weighted by molar-refractivity contribution is 0.1000. The maximum Gasteiger partial charge on any atom is 0.250 e. The van der Waals surface area contributed by atoms with Gasteiger partial charge < -0.3 is 15.8 Å². The summed E-state index contributed by atoms with van der Waals surface area (Å²) in [6, 6.07) is 9.70. The molecule has 1 aromatic carbocycles. The van der Waals surface area contributed by atoms with Crippen molar-refractivity contribution >= 4 is 5.91 Å². The molecule has 4 atom stereocenters. The Morgan fingerprint density at radius 1 is 1.13 bits per heavy atom. The molecule has 3 aliphatic carbocycles. The molecule has 3 saturated carbocycles. The smallest absolute Gasteiger partial charge is 0.250 e. The lowest BCUT2D eigenvalue weighted by Crippen LogP contribution is -2.50. The topological polar surface area (TPSA) is 77.2 Å². The second-order valence-electron chi connectivity index (χ2n) is 9.56. The molecule has 30 heavy (non-hydrogen) atoms. The lowest BCUT2D eigenvalue weighted by atomic mass is 9.73. The van der Waals surface area contributed by atoms with E-state index in [1.807, 2.05) is 24.3 Å². The van der Waals surface area contributed by atoms with Crippen LogP contribution < -0.4 is 15.8 Å². The van der Waals surface area contributed by atoms with Gasteiger partial charge in [-0.25, -0.2) is 0 Å². The van der Waals surface area contributed by atoms with Gasteiger partial charge in [-0.2, -0.15) is 0 Å². The van der Waals surface area contributed by atoms with Gasteiger partial charge in [0.25, 0.3) is 0 Å². The molecule has 0 spiro atoms. The van der Waals surface area contributed by atoms with Crippen molar-refractivity contribution in [2.75, 3.05) is 13.2 Å². The van der Waals surface area contributed by atoms with Crippen molar-refractivity contribution in [3.63, 3.8) is 0 Å². The molecule has 0 saturated heterocycles. The van der Waals surface area contributed by atoms with Crippen LogP contribution in [0.25, 0.3) is 11.1 Å². The molecule has 5 nitrogen and oxygen atoms in total. The minimum atomic E-state index is -0.466. The van der Waals surface area contributed by atoms with Gasteiger partial charge in [-0.15, -0.1) is 0 Å². The highest BCUT2D eigenvalue weighted by molar-refractivity contribution is 5.93. The monoisotopic (exact) mass is 405 g/mol. The number of amides is 1. The number of nitrogens with two attached hydrogens (primary N) is 1. The number of primary amides is 1. The number of benzene rings is 1. The van der Waals surface area contributed by atoms with Gasteiger partial charge in [-0.1, -0.05) is 25.0 Å². The van der Waals surface area contributed by atoms with Gasteiger partial charge in [0.2, 0.25) is 5.91 Å². The molecular weight excluding hydrogens is 374 g/mol. The van der Waals surface area contributed by atoms with Crippen molar-refractivity contribution in [2.24, 2.45) is 23.5 Å². The summed E-state index contributed by atoms with van der Waals surface area (Å²) in [6.45, 7) is 1.58. The molecule has 1 heterocycles. The van der Waals surface area contributed by atoms with Crippen LogP contribution in [-0.2, 0) is 0 Å². The van der Waals surface area contributed by atoms with E-state index in [1.165, 1.54) is 51.1 Å². The van der Waals surface area contributed by atoms with Crippen LogP contribution in [-0.4, -0.2) is 29.6 Å². The standard InChI is InChI=1S/C25H31N3O2/c26-24(29)22-12-21(15-27-16-22)18-3-5-23(6-4-18)30-9-8-28-25-7-1-2-19-10-17(13-25)11-20(19)14-25/h3-6,12,15-17,19-20,28H,1-2,7-11,13-14H2,(H2,26,29)/t17?,19?,20-,25+/m1/s1. The number of hydrogen-bond donors (Lipinski definition) is 2. The number of rotatable bonds is 7. The average molecular weight is 406 g/mol. The van der Waals surface area contributed by atoms with Crippen molar-refractivity contribution in [3.8, 4) is 16.9 Å². The second kappa shape index (κ2) is 8.03. The fourth-order valence-corrected chi connectivity index (χ4v) is 6.35. The van der Waals surface area contributed by atoms with Crippen LogP contribution in [0.3, 0.4) is 0 Å². The highest BCUT2D eigenvalue weighted by atomic mass is 16.5. The fraction of sp³-hybridized carbons (Fsp3) is 0.520. The van der Waals surface area contributed by atoms with Crippen LogP contribution in [0.5, 0.6) is 5.75 Å². The van der Waals surface area contributed by atoms with Crippen molar-refractivity contribution in [2.45, 2.75) is 50.5 Å². The summed E-state index contributed by atoms with van der Waals surface area (Å²) < 4.78 is 6.00. The van der Waals surface area contributed by atoms with E-state index in [0.29, 0.717) is 17.7 Å². The Morgan fingerprint density at radius 2 is 1.97 bits per heavy atom. The minimum absolute atomic E-state index is 0.366. The average Bonchev–Trinajstić information content (AvgIpc) is 2.98. The van der Waals surface area contributed by atoms with Crippen molar-refractivity contribution in [3.05, 3.63) is 48.3 Å². The van der Waals surface area contributed by atoms with Crippen molar-refractivity contribution in [1.29, 1.82) is 0 Å². The molecular formula is C25H31N3O2. The number of carbonyl (C=O) groups is 1. The minimum Gasteiger partial charge on any atom is -0.492 e. The number of nitrogens with one attached hydrogen (secondary N) is 1. The molecule has 0 aliphatic heterocycles. The summed E-state index contributed by atoms with van der Waals surface area (Å²) >= 11 is 0. The first-order valence-corrected chi connectivity index (χ1v) is 11.3. The Hall–Kier alpha value is -2.40. The Bertz CT molecular complexity index is 913. The number of aromatic nitrogens is 1. The third-order valence-electron chi connectivity index (χ3n) is 7.58. The van der Waals surface area contributed by atoms with Crippen LogP contribution in [0, 0.1) is 17.8 Å². The molecule has 0 radical (unpaired) electrons. The summed E-state index contributed by atoms with van der Waals surface area (Å²) in [5.41, 5.74) is 7.99. The number of pyridine rings is 1. The summed E-state index contributed by atoms with van der Waals surface area (Å²) in [6.07, 6.45) is 13.1. The van der Waals surface area contributed by atoms with Crippen LogP contribution in [0.15, 0.2) is 42.7 Å². The van der Waals surface area contributed by atoms with Crippen molar-refractivity contribution in [1.82, 2.24) is 10.3 Å². The zero-order chi connectivity index (χ0) is 20.6. The highest BCUT2D eigenvalue weighted by Crippen LogP contribution is 2.54. The van der Waals surface area contributed by atoms with Crippen LogP contribution in [0.1, 0.15) is 55.3 Å². The summed E-state index contributed by atoms with van der Waals surface area (Å²) in [4.78, 5) is 15.5. The molecule has 3 fully saturated rings. The van der Waals surface area contributed by atoms with E-state index in [9.17, 15) is 4.79 Å². The first-order valence-electron chi connectivity index (χ1n) is 11.3. The van der Waals surface area contributed by atoms with Crippen LogP contribution >= 0.6 is 0 Å². The second-order valence-corrected chi connectivity index (χ2v) is 9.56. The summed E-state index contributed by atoms with van der Waals surface area (Å²) in [5.74, 6) is 3.33. The zero-order valence-corrected chi connectivity index (χ0v) is 17.5. The first kappa shape index (κ1) is 19.6. The number of nitrogens with zero attached hydrogens (tertiary/aromatic N) is 1. The third-order valence-corrected chi connectivity index (χ3v) is 7.58. The lowest BCUT2D eigenvalue weighted by Gasteiger charge is -2.41. The van der Waals surface area contributed by atoms with Gasteiger partial charge in [-0.3, -0.25) is 9.78 Å². The molecule has 3 N–H and O–H groups in total. The number of ether oxygens (including phenoxy) is 1. The number of fused-ring (bicyclic) bond motifs is 2. The van der Waals surface area contributed by atoms with Gasteiger partial charge in [0.05, 0.1) is 5.56 Å². The van der Waals surface area contributed by atoms with E-state index in [2.05, 4.69) is 10.3 Å². The first-order chi connectivity index (χ1) is 14.6. The predicted molar refractivity (Wildman–Crippen MR) is 117 cm³/mol. The number of carbonyl (C=O) groups excluding carboxylic acids is 1. The van der Waals surface area contributed by atoms with Crippen molar-refractivity contribution < 1.29 is 9.53 Å². The largest absolute Gasteiger partial charge is 0.492 e. The van der Waals surface area contributed by atoms with Gasteiger partial charge >= 0.3 is 0 Å². The Balaban J connectivity index is 1.15. The van der Waals surface area contributed by atoms with Gasteiger partial charge in [-0.05, 0) is 73.6 Å². The van der Waals surface area contributed by atoms with Gasteiger partial charge in [0, 0.05) is 30.0 Å². The fourth-order valence-electron chi connectivity index (χ4n) is 6.35. The molecule has 1 amide bonds. The molecule has 5 rings (SSSR count). The van der Waals surface area contributed by atoms with E-state index < -0.39 is 5.91 Å². The van der Waals surface area contributed by atoms with E-state index in [1.54, 1.807) is 12.3 Å². The zero-order valence-electron chi connectivity index (χ0n) is 17.5. The van der Waals surface area contributed by atoms with E-state index in [-0.39, 0.29) is 0 Å². The number of hydrogen-bond acceptors (Lipinski definition) is 4. The SMILES string of the molecule is NC(=O)c1cncc(-c2ccc(OCCN[C@]34CCCC5CC(C[C@@H]5C3)C4)cc2)c1. The summed E-state index contributed by atoms with van der Waals surface area (Å²) in [7, 11) is 0. The Morgan fingerprint density at radius 3 is 2.80 bits per heavy atom. The quantitative estimate of drug-likeness (QED) is 0.678. The molecule has 3 aliphatic rings. The maximum absolute atomic E-state index is 11.4. The molecule has 5 heteroatoms. The van der Waals surface area contributed by atoms with Crippen LogP contribution in [0.4, 0.5) is 0 Å². The molecule has 158 valence electrons. The molecule has 3 bridgehead atoms. The third kappa shape index (κ3) is 3.95. The summed E-state index contributed by atoms with van der Waals surface area (Å²) in [5, 5.41) is 3.91. The molecule has 2 unspecified atom stereocenters. The molecule has 2 aromatic rings. The highest BCUT2D eigenvalue weighted by Gasteiger charge is 2.49. The predicted octanol–water partition coefficient (Wildman–Crippen LogP) is 4.17. The molecule has 1 aromatic heterocycles. The Labute approximate surface area is 178 Å².